The first-order valence-corrected chi connectivity index (χ1v) is 6.27. The maximum absolute atomic E-state index is 12.3. The lowest BCUT2D eigenvalue weighted by Gasteiger charge is -2.38. The Hall–Kier alpha value is -2.14. The molecular formula is C14H15N3O2. The number of nitrogens with zero attached hydrogens (tertiary/aromatic N) is 3. The average molecular weight is 257 g/mol. The van der Waals surface area contributed by atoms with Crippen LogP contribution >= 0.6 is 0 Å². The number of imidazole rings is 1. The fraction of sp³-hybridized carbons (Fsp3) is 0.286. The molecule has 3 rings (SSSR count). The molecule has 19 heavy (non-hydrogen) atoms. The first kappa shape index (κ1) is 11.9. The largest absolute Gasteiger partial charge is 0.396 e. The first-order valence-electron chi connectivity index (χ1n) is 6.27. The molecular weight excluding hydrogens is 242 g/mol. The highest BCUT2D eigenvalue weighted by molar-refractivity contribution is 5.93. The van der Waals surface area contributed by atoms with Crippen LogP contribution in [0.15, 0.2) is 42.9 Å². The van der Waals surface area contributed by atoms with Crippen molar-refractivity contribution in [1.82, 2.24) is 14.5 Å². The lowest BCUT2D eigenvalue weighted by Crippen LogP contribution is -2.51. The minimum Gasteiger partial charge on any atom is -0.396 e. The summed E-state index contributed by atoms with van der Waals surface area (Å²) < 4.78 is 1.79. The molecule has 1 aromatic heterocycles. The first-order chi connectivity index (χ1) is 9.29. The van der Waals surface area contributed by atoms with Gasteiger partial charge in [0.15, 0.2) is 0 Å². The van der Waals surface area contributed by atoms with Gasteiger partial charge in [-0.25, -0.2) is 4.98 Å². The topological polar surface area (TPSA) is 58.4 Å². The fourth-order valence-electron chi connectivity index (χ4n) is 2.26. The number of hydrogen-bond donors (Lipinski definition) is 1. The summed E-state index contributed by atoms with van der Waals surface area (Å²) in [6.45, 7) is 1.38. The Morgan fingerprint density at radius 3 is 2.74 bits per heavy atom. The molecule has 1 N–H and O–H groups in total. The van der Waals surface area contributed by atoms with Crippen molar-refractivity contribution in [1.29, 1.82) is 0 Å². The van der Waals surface area contributed by atoms with Gasteiger partial charge in [-0.1, -0.05) is 18.2 Å². The van der Waals surface area contributed by atoms with Crippen molar-refractivity contribution in [2.24, 2.45) is 5.92 Å². The highest BCUT2D eigenvalue weighted by Gasteiger charge is 2.32. The van der Waals surface area contributed by atoms with Crippen LogP contribution in [0.5, 0.6) is 0 Å². The summed E-state index contributed by atoms with van der Waals surface area (Å²) in [5, 5.41) is 8.99. The molecule has 0 radical (unpaired) electrons. The minimum atomic E-state index is -0.0361. The van der Waals surface area contributed by atoms with Crippen LogP contribution in [-0.4, -0.2) is 45.2 Å². The van der Waals surface area contributed by atoms with Crippen molar-refractivity contribution < 1.29 is 9.90 Å². The summed E-state index contributed by atoms with van der Waals surface area (Å²) in [6, 6.07) is 9.66. The number of aliphatic hydroxyl groups excluding tert-OH is 1. The molecule has 1 aliphatic heterocycles. The molecule has 5 heteroatoms. The third kappa shape index (κ3) is 2.13. The molecule has 2 aromatic rings. The van der Waals surface area contributed by atoms with E-state index in [4.69, 9.17) is 5.11 Å². The highest BCUT2D eigenvalue weighted by atomic mass is 16.3. The van der Waals surface area contributed by atoms with E-state index in [2.05, 4.69) is 4.98 Å². The van der Waals surface area contributed by atoms with Crippen LogP contribution in [0.4, 0.5) is 0 Å². The van der Waals surface area contributed by atoms with E-state index in [1.165, 1.54) is 0 Å². The summed E-state index contributed by atoms with van der Waals surface area (Å²) >= 11 is 0. The molecule has 1 amide bonds. The predicted molar refractivity (Wildman–Crippen MR) is 70.0 cm³/mol. The lowest BCUT2D eigenvalue weighted by molar-refractivity contribution is 0.0354. The molecule has 98 valence electrons. The van der Waals surface area contributed by atoms with Crippen LogP contribution < -0.4 is 0 Å². The van der Waals surface area contributed by atoms with Crippen molar-refractivity contribution in [3.8, 4) is 5.69 Å². The van der Waals surface area contributed by atoms with Gasteiger partial charge in [0.05, 0.1) is 12.5 Å². The molecule has 0 bridgehead atoms. The Labute approximate surface area is 111 Å². The van der Waals surface area contributed by atoms with Crippen LogP contribution in [0.3, 0.4) is 0 Å². The number of aromatic nitrogens is 2. The van der Waals surface area contributed by atoms with Gasteiger partial charge in [0.25, 0.3) is 5.91 Å². The summed E-state index contributed by atoms with van der Waals surface area (Å²) in [6.07, 6.45) is 3.23. The zero-order chi connectivity index (χ0) is 13.2. The predicted octanol–water partition coefficient (Wildman–Crippen LogP) is 0.937. The van der Waals surface area contributed by atoms with Gasteiger partial charge in [-0.3, -0.25) is 9.36 Å². The summed E-state index contributed by atoms with van der Waals surface area (Å²) in [4.78, 5) is 18.1. The van der Waals surface area contributed by atoms with Crippen LogP contribution in [0, 0.1) is 5.92 Å². The van der Waals surface area contributed by atoms with E-state index >= 15 is 0 Å². The van der Waals surface area contributed by atoms with E-state index in [1.54, 1.807) is 22.0 Å². The van der Waals surface area contributed by atoms with Gasteiger partial charge in [-0.05, 0) is 12.1 Å². The van der Waals surface area contributed by atoms with Gasteiger partial charge in [-0.2, -0.15) is 0 Å². The average Bonchev–Trinajstić information content (AvgIpc) is 2.87. The van der Waals surface area contributed by atoms with Crippen LogP contribution in [0.25, 0.3) is 5.69 Å². The molecule has 0 saturated carbocycles. The molecule has 1 aliphatic rings. The number of para-hydroxylation sites is 1. The standard InChI is InChI=1S/C14H15N3O2/c18-9-11-7-16(8-11)14(19)13-6-15-10-17(13)12-4-2-1-3-5-12/h1-6,10-11,18H,7-9H2. The second kappa shape index (κ2) is 4.85. The van der Waals surface area contributed by atoms with E-state index in [9.17, 15) is 4.79 Å². The van der Waals surface area contributed by atoms with E-state index in [0.29, 0.717) is 18.8 Å². The van der Waals surface area contributed by atoms with Gasteiger partial charge in [0.2, 0.25) is 0 Å². The summed E-state index contributed by atoms with van der Waals surface area (Å²) in [5.74, 6) is 0.183. The number of amides is 1. The van der Waals surface area contributed by atoms with Crippen molar-refractivity contribution in [2.75, 3.05) is 19.7 Å². The molecule has 1 saturated heterocycles. The second-order valence-corrected chi connectivity index (χ2v) is 4.74. The van der Waals surface area contributed by atoms with Gasteiger partial charge >= 0.3 is 0 Å². The van der Waals surface area contributed by atoms with Gasteiger partial charge in [0.1, 0.15) is 5.69 Å². The van der Waals surface area contributed by atoms with E-state index in [1.807, 2.05) is 30.3 Å². The molecule has 0 atom stereocenters. The summed E-state index contributed by atoms with van der Waals surface area (Å²) in [5.41, 5.74) is 1.48. The Morgan fingerprint density at radius 2 is 2.05 bits per heavy atom. The quantitative estimate of drug-likeness (QED) is 0.890. The van der Waals surface area contributed by atoms with Gasteiger partial charge in [-0.15, -0.1) is 0 Å². The number of rotatable bonds is 3. The number of benzene rings is 1. The molecule has 0 spiro atoms. The monoisotopic (exact) mass is 257 g/mol. The SMILES string of the molecule is O=C(c1cncn1-c1ccccc1)N1CC(CO)C1. The normalized spacial score (nSPS) is 15.3. The Bertz CT molecular complexity index is 573. The van der Waals surface area contributed by atoms with Crippen molar-refractivity contribution in [3.05, 3.63) is 48.5 Å². The zero-order valence-corrected chi connectivity index (χ0v) is 10.4. The van der Waals surface area contributed by atoms with E-state index < -0.39 is 0 Å². The molecule has 1 aromatic carbocycles. The van der Waals surface area contributed by atoms with Crippen molar-refractivity contribution in [3.63, 3.8) is 0 Å². The van der Waals surface area contributed by atoms with Crippen molar-refractivity contribution in [2.45, 2.75) is 0 Å². The van der Waals surface area contributed by atoms with Crippen LogP contribution in [-0.2, 0) is 0 Å². The Balaban J connectivity index is 1.83. The third-order valence-electron chi connectivity index (χ3n) is 3.39. The highest BCUT2D eigenvalue weighted by Crippen LogP contribution is 2.19. The molecule has 0 unspecified atom stereocenters. The fourth-order valence-corrected chi connectivity index (χ4v) is 2.26. The third-order valence-corrected chi connectivity index (χ3v) is 3.39. The number of aliphatic hydroxyl groups is 1. The van der Waals surface area contributed by atoms with Gasteiger partial charge in [0, 0.05) is 31.3 Å². The second-order valence-electron chi connectivity index (χ2n) is 4.74. The molecule has 2 heterocycles. The number of carbonyl (C=O) groups is 1. The Kier molecular flexibility index (Phi) is 3.05. The van der Waals surface area contributed by atoms with E-state index in [-0.39, 0.29) is 18.4 Å². The van der Waals surface area contributed by atoms with Crippen molar-refractivity contribution >= 4 is 5.91 Å². The van der Waals surface area contributed by atoms with Crippen LogP contribution in [0.1, 0.15) is 10.5 Å². The number of carbonyl (C=O) groups excluding carboxylic acids is 1. The smallest absolute Gasteiger partial charge is 0.272 e. The number of likely N-dealkylation sites (tertiary alicyclic amines) is 1. The van der Waals surface area contributed by atoms with Crippen LogP contribution in [0.2, 0.25) is 0 Å². The maximum Gasteiger partial charge on any atom is 0.272 e. The summed E-state index contributed by atoms with van der Waals surface area (Å²) in [7, 11) is 0. The minimum absolute atomic E-state index is 0.0361. The molecule has 5 nitrogen and oxygen atoms in total. The van der Waals surface area contributed by atoms with Gasteiger partial charge < -0.3 is 10.0 Å². The zero-order valence-electron chi connectivity index (χ0n) is 10.4. The molecule has 1 fully saturated rings. The molecule has 0 aliphatic carbocycles. The number of hydrogen-bond acceptors (Lipinski definition) is 3. The lowest BCUT2D eigenvalue weighted by atomic mass is 10.0. The Morgan fingerprint density at radius 1 is 1.32 bits per heavy atom. The van der Waals surface area contributed by atoms with E-state index in [0.717, 1.165) is 5.69 Å². The maximum atomic E-state index is 12.3.